The maximum absolute atomic E-state index is 15.0. The van der Waals surface area contributed by atoms with Crippen LogP contribution in [0.25, 0.3) is 16.2 Å². The number of aromatic carboxylic acids is 1. The standard InChI is InChI=1S/C23H24FN5O5S/c1-12(17-4-2-3-6-34-17)26-21(31)13-9-28(10-13)20-16(24)8-14-18(30)15(22(32)33)11-29(19(14)27-20)23-25-5-7-35-23/h5,7-8,11-13,17H,2-4,6,9-10H2,1H3,(H,26,31)(H,32,33). The smallest absolute Gasteiger partial charge is 0.341 e. The molecule has 1 amide bonds. The van der Waals surface area contributed by atoms with Crippen LogP contribution in [0.15, 0.2) is 28.6 Å². The third-order valence-corrected chi connectivity index (χ3v) is 7.23. The van der Waals surface area contributed by atoms with Crippen molar-refractivity contribution < 1.29 is 23.8 Å². The molecule has 2 fully saturated rings. The molecule has 2 aliphatic heterocycles. The van der Waals surface area contributed by atoms with Crippen molar-refractivity contribution >= 4 is 40.1 Å². The number of carboxylic acid groups (broad SMARTS) is 1. The Hall–Kier alpha value is -3.38. The van der Waals surface area contributed by atoms with Crippen LogP contribution in [0.4, 0.5) is 10.2 Å². The van der Waals surface area contributed by atoms with Gasteiger partial charge in [-0.15, -0.1) is 11.3 Å². The van der Waals surface area contributed by atoms with Gasteiger partial charge in [0.25, 0.3) is 0 Å². The maximum Gasteiger partial charge on any atom is 0.341 e. The first-order valence-electron chi connectivity index (χ1n) is 11.4. The first-order valence-corrected chi connectivity index (χ1v) is 12.3. The highest BCUT2D eigenvalue weighted by atomic mass is 32.1. The van der Waals surface area contributed by atoms with E-state index in [9.17, 15) is 19.5 Å². The molecule has 10 nitrogen and oxygen atoms in total. The zero-order chi connectivity index (χ0) is 24.7. The molecule has 3 aromatic heterocycles. The molecule has 2 atom stereocenters. The molecule has 2 unspecified atom stereocenters. The summed E-state index contributed by atoms with van der Waals surface area (Å²) in [6.07, 6.45) is 5.72. The third kappa shape index (κ3) is 4.39. The summed E-state index contributed by atoms with van der Waals surface area (Å²) in [5.74, 6) is -2.62. The number of aromatic nitrogens is 3. The second kappa shape index (κ2) is 9.34. The number of hydrogen-bond acceptors (Lipinski definition) is 8. The van der Waals surface area contributed by atoms with Crippen molar-refractivity contribution in [2.45, 2.75) is 38.3 Å². The predicted molar refractivity (Wildman–Crippen MR) is 127 cm³/mol. The van der Waals surface area contributed by atoms with Gasteiger partial charge >= 0.3 is 5.97 Å². The number of hydrogen-bond donors (Lipinski definition) is 2. The molecule has 3 aromatic rings. The van der Waals surface area contributed by atoms with Gasteiger partial charge in [0.15, 0.2) is 22.4 Å². The van der Waals surface area contributed by atoms with E-state index in [1.807, 2.05) is 6.92 Å². The number of carbonyl (C=O) groups excluding carboxylic acids is 1. The molecular formula is C23H24FN5O5S. The van der Waals surface area contributed by atoms with E-state index in [0.29, 0.717) is 11.7 Å². The molecule has 0 aromatic carbocycles. The van der Waals surface area contributed by atoms with Crippen LogP contribution in [-0.4, -0.2) is 63.4 Å². The summed E-state index contributed by atoms with van der Waals surface area (Å²) in [5, 5.41) is 14.4. The highest BCUT2D eigenvalue weighted by molar-refractivity contribution is 7.12. The third-order valence-electron chi connectivity index (χ3n) is 6.46. The SMILES string of the molecule is CC(NC(=O)C1CN(c2nc3c(cc2F)c(=O)c(C(=O)O)cn3-c2nccs2)C1)C1CCCCO1. The maximum atomic E-state index is 15.0. The zero-order valence-corrected chi connectivity index (χ0v) is 19.8. The van der Waals surface area contributed by atoms with Crippen molar-refractivity contribution in [3.05, 3.63) is 45.4 Å². The van der Waals surface area contributed by atoms with E-state index in [1.54, 1.807) is 10.3 Å². The summed E-state index contributed by atoms with van der Waals surface area (Å²) < 4.78 is 22.1. The van der Waals surface area contributed by atoms with Gasteiger partial charge in [-0.1, -0.05) is 0 Å². The predicted octanol–water partition coefficient (Wildman–Crippen LogP) is 2.19. The van der Waals surface area contributed by atoms with Gasteiger partial charge < -0.3 is 20.1 Å². The first-order chi connectivity index (χ1) is 16.8. The molecule has 12 heteroatoms. The van der Waals surface area contributed by atoms with Crippen molar-refractivity contribution in [1.29, 1.82) is 0 Å². The van der Waals surface area contributed by atoms with Crippen LogP contribution in [0.1, 0.15) is 36.5 Å². The van der Waals surface area contributed by atoms with E-state index < -0.39 is 22.8 Å². The lowest BCUT2D eigenvalue weighted by molar-refractivity contribution is -0.128. The highest BCUT2D eigenvalue weighted by Gasteiger charge is 2.36. The minimum Gasteiger partial charge on any atom is -0.477 e. The molecule has 5 heterocycles. The summed E-state index contributed by atoms with van der Waals surface area (Å²) in [7, 11) is 0. The lowest BCUT2D eigenvalue weighted by Crippen LogP contribution is -2.57. The molecule has 0 aliphatic carbocycles. The number of rotatable bonds is 6. The molecule has 0 saturated carbocycles. The number of nitrogens with zero attached hydrogens (tertiary/aromatic N) is 4. The molecular weight excluding hydrogens is 477 g/mol. The number of thiazole rings is 1. The number of carbonyl (C=O) groups is 2. The number of anilines is 1. The summed E-state index contributed by atoms with van der Waals surface area (Å²) in [5.41, 5.74) is -1.22. The number of pyridine rings is 2. The molecule has 0 radical (unpaired) electrons. The second-order valence-corrected chi connectivity index (χ2v) is 9.70. The molecule has 5 rings (SSSR count). The van der Waals surface area contributed by atoms with Crippen LogP contribution >= 0.6 is 11.3 Å². The van der Waals surface area contributed by atoms with Crippen molar-refractivity contribution in [1.82, 2.24) is 19.9 Å². The Morgan fingerprint density at radius 2 is 2.14 bits per heavy atom. The molecule has 0 bridgehead atoms. The number of carboxylic acids is 1. The quantitative estimate of drug-likeness (QED) is 0.526. The average molecular weight is 502 g/mol. The molecule has 184 valence electrons. The Kier molecular flexibility index (Phi) is 6.24. The number of fused-ring (bicyclic) bond motifs is 1. The van der Waals surface area contributed by atoms with Crippen LogP contribution in [0.2, 0.25) is 0 Å². The van der Waals surface area contributed by atoms with Gasteiger partial charge in [0.2, 0.25) is 11.3 Å². The molecule has 2 N–H and O–H groups in total. The Bertz CT molecular complexity index is 1330. The molecule has 2 saturated heterocycles. The number of ether oxygens (including phenoxy) is 1. The Morgan fingerprint density at radius 3 is 2.80 bits per heavy atom. The van der Waals surface area contributed by atoms with Crippen molar-refractivity contribution in [2.75, 3.05) is 24.6 Å². The lowest BCUT2D eigenvalue weighted by Gasteiger charge is -2.40. The van der Waals surface area contributed by atoms with E-state index in [0.717, 1.165) is 31.5 Å². The lowest BCUT2D eigenvalue weighted by atomic mass is 9.97. The number of halogens is 1. The highest BCUT2D eigenvalue weighted by Crippen LogP contribution is 2.29. The van der Waals surface area contributed by atoms with E-state index in [4.69, 9.17) is 4.74 Å². The average Bonchev–Trinajstić information content (AvgIpc) is 3.34. The normalized spacial score (nSPS) is 19.4. The van der Waals surface area contributed by atoms with Crippen molar-refractivity contribution in [3.63, 3.8) is 0 Å². The molecule has 2 aliphatic rings. The van der Waals surface area contributed by atoms with E-state index in [1.165, 1.54) is 22.1 Å². The van der Waals surface area contributed by atoms with Gasteiger partial charge in [0.05, 0.1) is 23.4 Å². The summed E-state index contributed by atoms with van der Waals surface area (Å²) in [6, 6.07) is 0.899. The monoisotopic (exact) mass is 501 g/mol. The van der Waals surface area contributed by atoms with Gasteiger partial charge in [-0.25, -0.2) is 19.2 Å². The van der Waals surface area contributed by atoms with E-state index in [2.05, 4.69) is 15.3 Å². The van der Waals surface area contributed by atoms with Crippen LogP contribution in [-0.2, 0) is 9.53 Å². The fraction of sp³-hybridized carbons (Fsp3) is 0.435. The summed E-state index contributed by atoms with van der Waals surface area (Å²) >= 11 is 1.22. The molecule has 0 spiro atoms. The number of amides is 1. The van der Waals surface area contributed by atoms with E-state index >= 15 is 4.39 Å². The fourth-order valence-corrected chi connectivity index (χ4v) is 5.10. The Balaban J connectivity index is 1.39. The van der Waals surface area contributed by atoms with Gasteiger partial charge in [-0.2, -0.15) is 0 Å². The van der Waals surface area contributed by atoms with Gasteiger partial charge in [0, 0.05) is 37.5 Å². The van der Waals surface area contributed by atoms with Gasteiger partial charge in [0.1, 0.15) is 5.56 Å². The second-order valence-electron chi connectivity index (χ2n) is 8.83. The fourth-order valence-electron chi connectivity index (χ4n) is 4.48. The molecule has 35 heavy (non-hydrogen) atoms. The topological polar surface area (TPSA) is 127 Å². The van der Waals surface area contributed by atoms with Crippen LogP contribution in [0, 0.1) is 11.7 Å². The summed E-state index contributed by atoms with van der Waals surface area (Å²) in [4.78, 5) is 47.1. The van der Waals surface area contributed by atoms with Crippen LogP contribution in [0.5, 0.6) is 0 Å². The largest absolute Gasteiger partial charge is 0.477 e. The van der Waals surface area contributed by atoms with Crippen LogP contribution in [0.3, 0.4) is 0 Å². The van der Waals surface area contributed by atoms with Gasteiger partial charge in [-0.3, -0.25) is 14.2 Å². The Morgan fingerprint density at radius 1 is 1.34 bits per heavy atom. The zero-order valence-electron chi connectivity index (χ0n) is 18.9. The minimum absolute atomic E-state index is 0.00164. The number of nitrogens with one attached hydrogen (secondary N) is 1. The van der Waals surface area contributed by atoms with Gasteiger partial charge in [-0.05, 0) is 32.3 Å². The van der Waals surface area contributed by atoms with E-state index in [-0.39, 0.29) is 53.9 Å². The first kappa shape index (κ1) is 23.4. The minimum atomic E-state index is -1.42. The Labute approximate surface area is 203 Å². The van der Waals surface area contributed by atoms with Crippen molar-refractivity contribution in [2.24, 2.45) is 5.92 Å². The summed E-state index contributed by atoms with van der Waals surface area (Å²) in [6.45, 7) is 3.18. The van der Waals surface area contributed by atoms with Crippen molar-refractivity contribution in [3.8, 4) is 5.13 Å². The van der Waals surface area contributed by atoms with Crippen LogP contribution < -0.4 is 15.6 Å².